The molecule has 21 heavy (non-hydrogen) atoms. The highest BCUT2D eigenvalue weighted by molar-refractivity contribution is 5.87. The Bertz CT molecular complexity index is 400. The van der Waals surface area contributed by atoms with Crippen LogP contribution in [0.25, 0.3) is 0 Å². The van der Waals surface area contributed by atoms with E-state index in [1.54, 1.807) is 11.8 Å². The Morgan fingerprint density at radius 1 is 1.48 bits per heavy atom. The van der Waals surface area contributed by atoms with E-state index in [9.17, 15) is 9.59 Å². The molecule has 2 rings (SSSR count). The van der Waals surface area contributed by atoms with Gasteiger partial charge in [0.2, 0.25) is 5.91 Å². The number of ether oxygens (including phenoxy) is 1. The summed E-state index contributed by atoms with van der Waals surface area (Å²) in [6, 6.07) is -0.568. The van der Waals surface area contributed by atoms with Crippen LogP contribution in [0.2, 0.25) is 0 Å². The molecule has 2 heterocycles. The maximum absolute atomic E-state index is 12.1. The number of morpholine rings is 1. The highest BCUT2D eigenvalue weighted by Gasteiger charge is 2.31. The van der Waals surface area contributed by atoms with Crippen molar-refractivity contribution < 1.29 is 14.3 Å². The molecule has 0 radical (unpaired) electrons. The molecule has 0 spiro atoms. The second-order valence-electron chi connectivity index (χ2n) is 6.24. The zero-order valence-corrected chi connectivity index (χ0v) is 13.1. The number of hydrogen-bond donors (Lipinski definition) is 2. The van der Waals surface area contributed by atoms with Crippen LogP contribution in [0.5, 0.6) is 0 Å². The lowest BCUT2D eigenvalue weighted by molar-refractivity contribution is -0.126. The minimum atomic E-state index is -0.404. The normalized spacial score (nSPS) is 26.3. The Morgan fingerprint density at radius 2 is 2.24 bits per heavy atom. The van der Waals surface area contributed by atoms with E-state index in [-0.39, 0.29) is 17.5 Å². The first kappa shape index (κ1) is 16.0. The molecule has 0 aliphatic carbocycles. The van der Waals surface area contributed by atoms with Crippen molar-refractivity contribution in [2.75, 3.05) is 45.9 Å². The molecule has 2 N–H and O–H groups in total. The highest BCUT2D eigenvalue weighted by Crippen LogP contribution is 2.17. The van der Waals surface area contributed by atoms with E-state index in [1.165, 1.54) is 0 Å². The molecule has 0 aromatic rings. The van der Waals surface area contributed by atoms with Gasteiger partial charge in [-0.15, -0.1) is 0 Å². The van der Waals surface area contributed by atoms with Crippen molar-refractivity contribution in [2.24, 2.45) is 0 Å². The van der Waals surface area contributed by atoms with E-state index >= 15 is 0 Å². The molecule has 7 heteroatoms. The summed E-state index contributed by atoms with van der Waals surface area (Å²) in [5.41, 5.74) is 0.00127. The average molecular weight is 298 g/mol. The molecular formula is C14H26N4O3. The van der Waals surface area contributed by atoms with Crippen LogP contribution in [0.1, 0.15) is 20.8 Å². The molecule has 3 amide bonds. The molecule has 0 aromatic heterocycles. The van der Waals surface area contributed by atoms with Gasteiger partial charge < -0.3 is 20.3 Å². The minimum absolute atomic E-state index is 0.00127. The lowest BCUT2D eigenvalue weighted by Gasteiger charge is -2.42. The lowest BCUT2D eigenvalue weighted by atomic mass is 10.0. The number of rotatable bonds is 3. The van der Waals surface area contributed by atoms with E-state index in [2.05, 4.69) is 29.4 Å². The largest absolute Gasteiger partial charge is 0.378 e. The third kappa shape index (κ3) is 3.85. The first-order valence-electron chi connectivity index (χ1n) is 7.57. The molecule has 7 nitrogen and oxygen atoms in total. The smallest absolute Gasteiger partial charge is 0.318 e. The number of carbonyl (C=O) groups excluding carboxylic acids is 2. The number of nitrogens with one attached hydrogen (secondary N) is 2. The summed E-state index contributed by atoms with van der Waals surface area (Å²) >= 11 is 0. The van der Waals surface area contributed by atoms with Crippen molar-refractivity contribution in [1.82, 2.24) is 20.4 Å². The van der Waals surface area contributed by atoms with Gasteiger partial charge in [0, 0.05) is 38.3 Å². The summed E-state index contributed by atoms with van der Waals surface area (Å²) in [7, 11) is 0. The monoisotopic (exact) mass is 298 g/mol. The number of nitrogens with zero attached hydrogens (tertiary/aromatic N) is 2. The number of amides is 3. The molecular weight excluding hydrogens is 272 g/mol. The summed E-state index contributed by atoms with van der Waals surface area (Å²) in [5.74, 6) is -0.0919. The van der Waals surface area contributed by atoms with Crippen LogP contribution in [0.3, 0.4) is 0 Å². The van der Waals surface area contributed by atoms with Crippen molar-refractivity contribution in [3.63, 3.8) is 0 Å². The van der Waals surface area contributed by atoms with E-state index in [1.807, 2.05) is 0 Å². The fourth-order valence-corrected chi connectivity index (χ4v) is 2.76. The third-order valence-electron chi connectivity index (χ3n) is 4.23. The van der Waals surface area contributed by atoms with Gasteiger partial charge in [0.15, 0.2) is 0 Å². The first-order chi connectivity index (χ1) is 9.92. The Labute approximate surface area is 126 Å². The van der Waals surface area contributed by atoms with Gasteiger partial charge in [-0.3, -0.25) is 9.69 Å². The molecule has 2 fully saturated rings. The Hall–Kier alpha value is -1.34. The molecule has 1 unspecified atom stereocenters. The quantitative estimate of drug-likeness (QED) is 0.745. The molecule has 0 bridgehead atoms. The van der Waals surface area contributed by atoms with Gasteiger partial charge in [-0.1, -0.05) is 0 Å². The zero-order chi connectivity index (χ0) is 15.5. The maximum Gasteiger partial charge on any atom is 0.318 e. The van der Waals surface area contributed by atoms with Crippen LogP contribution in [-0.2, 0) is 9.53 Å². The second kappa shape index (κ2) is 6.62. The minimum Gasteiger partial charge on any atom is -0.378 e. The predicted octanol–water partition coefficient (Wildman–Crippen LogP) is -0.373. The van der Waals surface area contributed by atoms with Gasteiger partial charge in [-0.25, -0.2) is 4.79 Å². The lowest BCUT2D eigenvalue weighted by Crippen LogP contribution is -2.59. The van der Waals surface area contributed by atoms with Gasteiger partial charge in [0.1, 0.15) is 6.04 Å². The van der Waals surface area contributed by atoms with E-state index < -0.39 is 6.04 Å². The van der Waals surface area contributed by atoms with Crippen molar-refractivity contribution in [1.29, 1.82) is 0 Å². The SMILES string of the molecule is CC1C(=O)NCCN1C(=O)NCCN1CCOCC1(C)C. The molecule has 2 saturated heterocycles. The van der Waals surface area contributed by atoms with Crippen LogP contribution < -0.4 is 10.6 Å². The summed E-state index contributed by atoms with van der Waals surface area (Å²) in [6.07, 6.45) is 0. The van der Waals surface area contributed by atoms with Crippen molar-refractivity contribution in [3.8, 4) is 0 Å². The van der Waals surface area contributed by atoms with Crippen molar-refractivity contribution in [2.45, 2.75) is 32.4 Å². The summed E-state index contributed by atoms with van der Waals surface area (Å²) in [6.45, 7) is 10.8. The summed E-state index contributed by atoms with van der Waals surface area (Å²) in [5, 5.41) is 5.67. The van der Waals surface area contributed by atoms with Gasteiger partial charge in [-0.05, 0) is 20.8 Å². The maximum atomic E-state index is 12.1. The Morgan fingerprint density at radius 3 is 2.95 bits per heavy atom. The van der Waals surface area contributed by atoms with E-state index in [4.69, 9.17) is 4.74 Å². The zero-order valence-electron chi connectivity index (χ0n) is 13.1. The summed E-state index contributed by atoms with van der Waals surface area (Å²) < 4.78 is 5.48. The van der Waals surface area contributed by atoms with Crippen LogP contribution >= 0.6 is 0 Å². The van der Waals surface area contributed by atoms with E-state index in [0.29, 0.717) is 26.2 Å². The van der Waals surface area contributed by atoms with Gasteiger partial charge >= 0.3 is 6.03 Å². The second-order valence-corrected chi connectivity index (χ2v) is 6.24. The Kier molecular flexibility index (Phi) is 5.05. The fourth-order valence-electron chi connectivity index (χ4n) is 2.76. The number of urea groups is 1. The molecule has 0 saturated carbocycles. The molecule has 2 aliphatic rings. The molecule has 1 atom stereocenters. The summed E-state index contributed by atoms with van der Waals surface area (Å²) in [4.78, 5) is 27.6. The van der Waals surface area contributed by atoms with Gasteiger partial charge in [0.05, 0.1) is 13.2 Å². The van der Waals surface area contributed by atoms with Crippen LogP contribution in [-0.4, -0.2) is 79.3 Å². The molecule has 0 aromatic carbocycles. The number of hydrogen-bond acceptors (Lipinski definition) is 4. The first-order valence-corrected chi connectivity index (χ1v) is 7.57. The van der Waals surface area contributed by atoms with E-state index in [0.717, 1.165) is 19.7 Å². The van der Waals surface area contributed by atoms with Gasteiger partial charge in [-0.2, -0.15) is 0 Å². The van der Waals surface area contributed by atoms with Crippen LogP contribution in [0.4, 0.5) is 4.79 Å². The fraction of sp³-hybridized carbons (Fsp3) is 0.857. The van der Waals surface area contributed by atoms with Crippen LogP contribution in [0, 0.1) is 0 Å². The van der Waals surface area contributed by atoms with Crippen molar-refractivity contribution >= 4 is 11.9 Å². The molecule has 2 aliphatic heterocycles. The molecule has 120 valence electrons. The van der Waals surface area contributed by atoms with Crippen molar-refractivity contribution in [3.05, 3.63) is 0 Å². The number of carbonyl (C=O) groups is 2. The third-order valence-corrected chi connectivity index (χ3v) is 4.23. The standard InChI is InChI=1S/C14H26N4O3/c1-11-12(19)15-5-7-18(11)13(20)16-4-6-17-8-9-21-10-14(17,2)3/h11H,4-10H2,1-3H3,(H,15,19)(H,16,20). The Balaban J connectivity index is 1.77. The highest BCUT2D eigenvalue weighted by atomic mass is 16.5. The topological polar surface area (TPSA) is 73.9 Å². The predicted molar refractivity (Wildman–Crippen MR) is 79.0 cm³/mol. The number of piperazine rings is 1. The van der Waals surface area contributed by atoms with Crippen LogP contribution in [0.15, 0.2) is 0 Å². The van der Waals surface area contributed by atoms with Gasteiger partial charge in [0.25, 0.3) is 0 Å². The average Bonchev–Trinajstić information content (AvgIpc) is 2.43.